The van der Waals surface area contributed by atoms with Gasteiger partial charge in [0.1, 0.15) is 0 Å². The third kappa shape index (κ3) is 2.83. The molecule has 0 aliphatic carbocycles. The van der Waals surface area contributed by atoms with E-state index in [2.05, 4.69) is 4.74 Å². The SMILES string of the molecule is NCc1c(C=O)cc(=O)[nH]c1OC(F)(F)F. The summed E-state index contributed by atoms with van der Waals surface area (Å²) in [5, 5.41) is 0. The van der Waals surface area contributed by atoms with Crippen LogP contribution in [0.25, 0.3) is 0 Å². The second-order valence-corrected chi connectivity index (χ2v) is 2.77. The number of carbonyl (C=O) groups is 1. The van der Waals surface area contributed by atoms with Gasteiger partial charge in [0, 0.05) is 23.7 Å². The van der Waals surface area contributed by atoms with Gasteiger partial charge in [-0.3, -0.25) is 14.6 Å². The van der Waals surface area contributed by atoms with Crippen molar-refractivity contribution in [3.63, 3.8) is 0 Å². The zero-order valence-electron chi connectivity index (χ0n) is 7.80. The van der Waals surface area contributed by atoms with Gasteiger partial charge in [-0.15, -0.1) is 13.2 Å². The van der Waals surface area contributed by atoms with Gasteiger partial charge in [-0.2, -0.15) is 0 Å². The maximum atomic E-state index is 12.0. The molecule has 0 saturated heterocycles. The highest BCUT2D eigenvalue weighted by Crippen LogP contribution is 2.24. The van der Waals surface area contributed by atoms with Gasteiger partial charge < -0.3 is 10.5 Å². The number of rotatable bonds is 3. The van der Waals surface area contributed by atoms with E-state index in [-0.39, 0.29) is 24.0 Å². The maximum absolute atomic E-state index is 12.0. The van der Waals surface area contributed by atoms with Crippen LogP contribution >= 0.6 is 0 Å². The Bertz CT molecular complexity index is 453. The monoisotopic (exact) mass is 236 g/mol. The molecule has 16 heavy (non-hydrogen) atoms. The first-order valence-electron chi connectivity index (χ1n) is 4.04. The lowest BCUT2D eigenvalue weighted by Gasteiger charge is -2.12. The van der Waals surface area contributed by atoms with Crippen molar-refractivity contribution in [3.05, 3.63) is 27.5 Å². The minimum Gasteiger partial charge on any atom is -0.389 e. The molecule has 8 heteroatoms. The Hall–Kier alpha value is -1.83. The smallest absolute Gasteiger partial charge is 0.389 e. The number of ether oxygens (including phenoxy) is 1. The number of nitrogens with two attached hydrogens (primary N) is 1. The Kier molecular flexibility index (Phi) is 3.33. The number of H-pyrrole nitrogens is 1. The molecule has 0 aromatic carbocycles. The van der Waals surface area contributed by atoms with Crippen LogP contribution in [0.15, 0.2) is 10.9 Å². The van der Waals surface area contributed by atoms with Crippen molar-refractivity contribution in [2.24, 2.45) is 5.73 Å². The topological polar surface area (TPSA) is 85.2 Å². The molecule has 0 atom stereocenters. The van der Waals surface area contributed by atoms with Crippen LogP contribution in [0.2, 0.25) is 0 Å². The van der Waals surface area contributed by atoms with Gasteiger partial charge >= 0.3 is 6.36 Å². The second kappa shape index (κ2) is 4.35. The van der Waals surface area contributed by atoms with Crippen LogP contribution in [0.4, 0.5) is 13.2 Å². The molecule has 0 spiro atoms. The summed E-state index contributed by atoms with van der Waals surface area (Å²) in [7, 11) is 0. The molecule has 1 aromatic rings. The van der Waals surface area contributed by atoms with Gasteiger partial charge in [-0.1, -0.05) is 0 Å². The van der Waals surface area contributed by atoms with E-state index in [1.807, 2.05) is 4.98 Å². The molecule has 0 saturated carbocycles. The van der Waals surface area contributed by atoms with Crippen LogP contribution in [0, 0.1) is 0 Å². The fraction of sp³-hybridized carbons (Fsp3) is 0.250. The summed E-state index contributed by atoms with van der Waals surface area (Å²) in [6, 6.07) is 0.846. The van der Waals surface area contributed by atoms with Crippen LogP contribution in [0.5, 0.6) is 5.88 Å². The van der Waals surface area contributed by atoms with Crippen LogP contribution in [-0.4, -0.2) is 17.6 Å². The number of aldehydes is 1. The molecule has 0 amide bonds. The molecule has 3 N–H and O–H groups in total. The summed E-state index contributed by atoms with van der Waals surface area (Å²) in [6.07, 6.45) is -4.73. The van der Waals surface area contributed by atoms with E-state index in [0.29, 0.717) is 0 Å². The fourth-order valence-electron chi connectivity index (χ4n) is 1.10. The van der Waals surface area contributed by atoms with Gasteiger partial charge in [0.25, 0.3) is 5.56 Å². The minimum absolute atomic E-state index is 0.202. The van der Waals surface area contributed by atoms with E-state index in [9.17, 15) is 22.8 Å². The lowest BCUT2D eigenvalue weighted by atomic mass is 10.1. The summed E-state index contributed by atoms with van der Waals surface area (Å²) < 4.78 is 39.4. The van der Waals surface area contributed by atoms with Gasteiger partial charge in [-0.05, 0) is 0 Å². The number of halogens is 3. The summed E-state index contributed by atoms with van der Waals surface area (Å²) in [4.78, 5) is 23.3. The molecule has 0 unspecified atom stereocenters. The molecule has 1 aromatic heterocycles. The van der Waals surface area contributed by atoms with Gasteiger partial charge in [0.05, 0.1) is 0 Å². The van der Waals surface area contributed by atoms with Crippen molar-refractivity contribution in [1.82, 2.24) is 4.98 Å². The van der Waals surface area contributed by atoms with Crippen molar-refractivity contribution < 1.29 is 22.7 Å². The largest absolute Gasteiger partial charge is 0.574 e. The fourth-order valence-corrected chi connectivity index (χ4v) is 1.10. The molecule has 1 rings (SSSR count). The molecule has 0 aliphatic heterocycles. The average Bonchev–Trinajstić information content (AvgIpc) is 2.14. The highest BCUT2D eigenvalue weighted by Gasteiger charge is 2.33. The van der Waals surface area contributed by atoms with E-state index in [4.69, 9.17) is 5.73 Å². The molecule has 1 heterocycles. The minimum atomic E-state index is -4.96. The third-order valence-electron chi connectivity index (χ3n) is 1.69. The first-order chi connectivity index (χ1) is 7.37. The maximum Gasteiger partial charge on any atom is 0.574 e. The summed E-state index contributed by atoms with van der Waals surface area (Å²) in [5.74, 6) is -0.857. The molecular weight excluding hydrogens is 229 g/mol. The molecule has 0 radical (unpaired) electrons. The second-order valence-electron chi connectivity index (χ2n) is 2.77. The van der Waals surface area contributed by atoms with Crippen LogP contribution in [0.3, 0.4) is 0 Å². The zero-order valence-corrected chi connectivity index (χ0v) is 7.80. The van der Waals surface area contributed by atoms with Crippen molar-refractivity contribution in [3.8, 4) is 5.88 Å². The van der Waals surface area contributed by atoms with Crippen LogP contribution < -0.4 is 16.0 Å². The number of pyridine rings is 1. The van der Waals surface area contributed by atoms with Crippen molar-refractivity contribution in [2.45, 2.75) is 12.9 Å². The van der Waals surface area contributed by atoms with Gasteiger partial charge in [0.2, 0.25) is 5.88 Å². The first-order valence-corrected chi connectivity index (χ1v) is 4.04. The Morgan fingerprint density at radius 3 is 2.56 bits per heavy atom. The molecular formula is C8H7F3N2O3. The molecule has 0 bridgehead atoms. The normalized spacial score (nSPS) is 11.2. The Morgan fingerprint density at radius 1 is 1.50 bits per heavy atom. The van der Waals surface area contributed by atoms with Crippen molar-refractivity contribution in [1.29, 1.82) is 0 Å². The van der Waals surface area contributed by atoms with Crippen molar-refractivity contribution >= 4 is 6.29 Å². The molecule has 0 fully saturated rings. The number of aromatic amines is 1. The predicted molar refractivity (Wildman–Crippen MR) is 47.0 cm³/mol. The van der Waals surface area contributed by atoms with Crippen LogP contribution in [-0.2, 0) is 6.54 Å². The van der Waals surface area contributed by atoms with E-state index in [1.54, 1.807) is 0 Å². The summed E-state index contributed by atoms with van der Waals surface area (Å²) >= 11 is 0. The van der Waals surface area contributed by atoms with Gasteiger partial charge in [-0.25, -0.2) is 0 Å². The number of nitrogens with one attached hydrogen (secondary N) is 1. The van der Waals surface area contributed by atoms with E-state index < -0.39 is 17.8 Å². The lowest BCUT2D eigenvalue weighted by Crippen LogP contribution is -2.23. The average molecular weight is 236 g/mol. The summed E-state index contributed by atoms with van der Waals surface area (Å²) in [5.41, 5.74) is 3.86. The number of hydrogen-bond donors (Lipinski definition) is 2. The molecule has 88 valence electrons. The van der Waals surface area contributed by atoms with Gasteiger partial charge in [0.15, 0.2) is 6.29 Å². The van der Waals surface area contributed by atoms with E-state index >= 15 is 0 Å². The Labute approximate surface area is 87.0 Å². The standard InChI is InChI=1S/C8H7F3N2O3/c9-8(10,11)16-7-5(2-12)4(3-14)1-6(15)13-7/h1,3H,2,12H2,(H,13,15). The Balaban J connectivity index is 3.31. The summed E-state index contributed by atoms with van der Waals surface area (Å²) in [6.45, 7) is -0.365. The zero-order chi connectivity index (χ0) is 12.3. The molecule has 0 aliphatic rings. The van der Waals surface area contributed by atoms with Crippen molar-refractivity contribution in [2.75, 3.05) is 0 Å². The predicted octanol–water partition coefficient (Wildman–Crippen LogP) is 0.545. The Morgan fingerprint density at radius 2 is 2.12 bits per heavy atom. The quantitative estimate of drug-likeness (QED) is 0.750. The highest BCUT2D eigenvalue weighted by atomic mass is 19.4. The first kappa shape index (κ1) is 12.2. The number of hydrogen-bond acceptors (Lipinski definition) is 4. The number of carbonyl (C=O) groups excluding carboxylic acids is 1. The van der Waals surface area contributed by atoms with E-state index in [1.165, 1.54) is 0 Å². The highest BCUT2D eigenvalue weighted by molar-refractivity contribution is 5.77. The van der Waals surface area contributed by atoms with E-state index in [0.717, 1.165) is 6.07 Å². The lowest BCUT2D eigenvalue weighted by molar-refractivity contribution is -0.276. The number of aromatic nitrogens is 1. The van der Waals surface area contributed by atoms with Crippen LogP contribution in [0.1, 0.15) is 15.9 Å². The number of alkyl halides is 3. The molecule has 5 nitrogen and oxygen atoms in total. The third-order valence-corrected chi connectivity index (χ3v) is 1.69.